The minimum Gasteiger partial charge on any atom is -0.507 e. The van der Waals surface area contributed by atoms with Gasteiger partial charge in [0.25, 0.3) is 0 Å². The van der Waals surface area contributed by atoms with Crippen LogP contribution in [0.25, 0.3) is 11.1 Å². The summed E-state index contributed by atoms with van der Waals surface area (Å²) in [5.41, 5.74) is 6.20. The van der Waals surface area contributed by atoms with E-state index in [0.717, 1.165) is 17.7 Å². The van der Waals surface area contributed by atoms with E-state index < -0.39 is 11.6 Å². The first-order chi connectivity index (χ1) is 8.63. The van der Waals surface area contributed by atoms with E-state index in [1.807, 2.05) is 0 Å². The van der Waals surface area contributed by atoms with Crippen molar-refractivity contribution in [2.24, 2.45) is 5.73 Å². The lowest BCUT2D eigenvalue weighted by atomic mass is 9.99. The van der Waals surface area contributed by atoms with Crippen LogP contribution in [0.15, 0.2) is 36.4 Å². The van der Waals surface area contributed by atoms with Crippen molar-refractivity contribution < 1.29 is 13.9 Å². The normalized spacial score (nSPS) is 10.1. The van der Waals surface area contributed by atoms with E-state index in [9.17, 15) is 13.9 Å². The molecule has 2 nitrogen and oxygen atoms in total. The van der Waals surface area contributed by atoms with Gasteiger partial charge in [-0.25, -0.2) is 8.78 Å². The van der Waals surface area contributed by atoms with Crippen LogP contribution in [0.4, 0.5) is 8.78 Å². The Labute approximate surface area is 116 Å². The molecule has 0 atom stereocenters. The predicted molar refractivity (Wildman–Crippen MR) is 73.5 cm³/mol. The Morgan fingerprint density at radius 3 is 2.26 bits per heavy atom. The van der Waals surface area contributed by atoms with Gasteiger partial charge in [-0.15, -0.1) is 12.4 Å². The topological polar surface area (TPSA) is 46.2 Å². The molecule has 2 aromatic rings. The highest BCUT2D eigenvalue weighted by atomic mass is 35.5. The van der Waals surface area contributed by atoms with Gasteiger partial charge in [-0.2, -0.15) is 0 Å². The lowest BCUT2D eigenvalue weighted by Crippen LogP contribution is -2.02. The van der Waals surface area contributed by atoms with Gasteiger partial charge in [0.05, 0.1) is 5.56 Å². The van der Waals surface area contributed by atoms with Crippen LogP contribution in [0.3, 0.4) is 0 Å². The second kappa shape index (κ2) is 6.50. The van der Waals surface area contributed by atoms with Crippen molar-refractivity contribution >= 4 is 12.4 Å². The Kier molecular flexibility index (Phi) is 5.27. The minimum atomic E-state index is -0.699. The Balaban J connectivity index is 0.00000180. The molecule has 0 spiro atoms. The number of phenols is 1. The summed E-state index contributed by atoms with van der Waals surface area (Å²) in [6.45, 7) is 0.434. The van der Waals surface area contributed by atoms with Crippen molar-refractivity contribution in [2.45, 2.75) is 6.42 Å². The third kappa shape index (κ3) is 3.22. The van der Waals surface area contributed by atoms with Gasteiger partial charge in [-0.1, -0.05) is 12.1 Å². The molecular formula is C14H14ClF2NO. The van der Waals surface area contributed by atoms with Crippen LogP contribution < -0.4 is 5.73 Å². The second-order valence-corrected chi connectivity index (χ2v) is 3.99. The number of aromatic hydroxyl groups is 1. The zero-order chi connectivity index (χ0) is 13.1. The molecule has 0 unspecified atom stereocenters. The van der Waals surface area contributed by atoms with Crippen molar-refractivity contribution in [2.75, 3.05) is 6.54 Å². The summed E-state index contributed by atoms with van der Waals surface area (Å²) in [5, 5.41) is 9.74. The molecule has 0 radical (unpaired) electrons. The van der Waals surface area contributed by atoms with E-state index in [4.69, 9.17) is 5.73 Å². The van der Waals surface area contributed by atoms with Crippen LogP contribution in [-0.4, -0.2) is 11.7 Å². The minimum absolute atomic E-state index is 0. The van der Waals surface area contributed by atoms with Gasteiger partial charge in [-0.3, -0.25) is 0 Å². The van der Waals surface area contributed by atoms with E-state index in [2.05, 4.69) is 0 Å². The largest absolute Gasteiger partial charge is 0.507 e. The number of benzene rings is 2. The molecule has 0 saturated carbocycles. The summed E-state index contributed by atoms with van der Waals surface area (Å²) in [5.74, 6) is -1.55. The van der Waals surface area contributed by atoms with Crippen molar-refractivity contribution in [3.05, 3.63) is 53.6 Å². The van der Waals surface area contributed by atoms with Gasteiger partial charge in [-0.05, 0) is 42.8 Å². The number of phenolic OH excluding ortho intramolecular Hbond substituents is 1. The van der Waals surface area contributed by atoms with Crippen LogP contribution in [0.1, 0.15) is 5.56 Å². The zero-order valence-electron chi connectivity index (χ0n) is 10.1. The first kappa shape index (κ1) is 15.4. The van der Waals surface area contributed by atoms with Crippen molar-refractivity contribution in [3.63, 3.8) is 0 Å². The molecule has 19 heavy (non-hydrogen) atoms. The summed E-state index contributed by atoms with van der Waals surface area (Å²) in [7, 11) is 0. The highest BCUT2D eigenvalue weighted by molar-refractivity contribution is 5.85. The molecule has 0 heterocycles. The highest BCUT2D eigenvalue weighted by Crippen LogP contribution is 2.33. The van der Waals surface area contributed by atoms with Crippen LogP contribution in [0.2, 0.25) is 0 Å². The fourth-order valence-corrected chi connectivity index (χ4v) is 1.86. The van der Waals surface area contributed by atoms with E-state index in [-0.39, 0.29) is 29.3 Å². The molecule has 3 N–H and O–H groups in total. The van der Waals surface area contributed by atoms with E-state index >= 15 is 0 Å². The molecule has 0 saturated heterocycles. The van der Waals surface area contributed by atoms with E-state index in [1.165, 1.54) is 12.1 Å². The predicted octanol–water partition coefficient (Wildman–Crippen LogP) is 3.26. The SMILES string of the molecule is Cl.NCCc1ccc(O)c(-c2c(F)cccc2F)c1. The van der Waals surface area contributed by atoms with E-state index in [1.54, 1.807) is 12.1 Å². The summed E-state index contributed by atoms with van der Waals surface area (Å²) in [4.78, 5) is 0. The molecule has 0 amide bonds. The van der Waals surface area contributed by atoms with E-state index in [0.29, 0.717) is 13.0 Å². The standard InChI is InChI=1S/C14H13F2NO.ClH/c15-11-2-1-3-12(16)14(11)10-8-9(6-7-17)4-5-13(10)18;/h1-5,8,18H,6-7,17H2;1H. The number of rotatable bonds is 3. The molecule has 0 aliphatic heterocycles. The maximum absolute atomic E-state index is 13.7. The second-order valence-electron chi connectivity index (χ2n) is 3.99. The van der Waals surface area contributed by atoms with Gasteiger partial charge in [0.15, 0.2) is 0 Å². The third-order valence-corrected chi connectivity index (χ3v) is 2.73. The number of hydrogen-bond donors (Lipinski definition) is 2. The summed E-state index contributed by atoms with van der Waals surface area (Å²) in [6, 6.07) is 8.27. The fourth-order valence-electron chi connectivity index (χ4n) is 1.86. The van der Waals surface area contributed by atoms with Crippen LogP contribution >= 0.6 is 12.4 Å². The Morgan fingerprint density at radius 2 is 1.68 bits per heavy atom. The fraction of sp³-hybridized carbons (Fsp3) is 0.143. The van der Waals surface area contributed by atoms with Crippen molar-refractivity contribution in [1.82, 2.24) is 0 Å². The number of hydrogen-bond acceptors (Lipinski definition) is 2. The van der Waals surface area contributed by atoms with Crippen molar-refractivity contribution in [3.8, 4) is 16.9 Å². The zero-order valence-corrected chi connectivity index (χ0v) is 10.9. The first-order valence-corrected chi connectivity index (χ1v) is 5.60. The highest BCUT2D eigenvalue weighted by Gasteiger charge is 2.14. The average molecular weight is 286 g/mol. The molecule has 0 aliphatic carbocycles. The van der Waals surface area contributed by atoms with Gasteiger partial charge in [0, 0.05) is 5.56 Å². The third-order valence-electron chi connectivity index (χ3n) is 2.73. The van der Waals surface area contributed by atoms with Crippen LogP contribution in [0.5, 0.6) is 5.75 Å². The molecule has 102 valence electrons. The number of halogens is 3. The lowest BCUT2D eigenvalue weighted by molar-refractivity contribution is 0.475. The summed E-state index contributed by atoms with van der Waals surface area (Å²) in [6.07, 6.45) is 0.587. The van der Waals surface area contributed by atoms with Gasteiger partial charge < -0.3 is 10.8 Å². The van der Waals surface area contributed by atoms with Gasteiger partial charge in [0.2, 0.25) is 0 Å². The maximum atomic E-state index is 13.7. The summed E-state index contributed by atoms with van der Waals surface area (Å²) < 4.78 is 27.3. The molecule has 0 aliphatic rings. The van der Waals surface area contributed by atoms with Crippen LogP contribution in [0, 0.1) is 11.6 Å². The molecule has 2 aromatic carbocycles. The molecule has 0 bridgehead atoms. The Bertz CT molecular complexity index is 555. The molecule has 0 fully saturated rings. The first-order valence-electron chi connectivity index (χ1n) is 5.60. The number of nitrogens with two attached hydrogens (primary N) is 1. The molecule has 0 aromatic heterocycles. The smallest absolute Gasteiger partial charge is 0.134 e. The molecule has 5 heteroatoms. The Hall–Kier alpha value is -1.65. The monoisotopic (exact) mass is 285 g/mol. The van der Waals surface area contributed by atoms with Gasteiger partial charge >= 0.3 is 0 Å². The summed E-state index contributed by atoms with van der Waals surface area (Å²) >= 11 is 0. The van der Waals surface area contributed by atoms with Crippen LogP contribution in [-0.2, 0) is 6.42 Å². The Morgan fingerprint density at radius 1 is 1.05 bits per heavy atom. The molecule has 2 rings (SSSR count). The van der Waals surface area contributed by atoms with Crippen molar-refractivity contribution in [1.29, 1.82) is 0 Å². The maximum Gasteiger partial charge on any atom is 0.134 e. The quantitative estimate of drug-likeness (QED) is 0.909. The van der Waals surface area contributed by atoms with Gasteiger partial charge in [0.1, 0.15) is 17.4 Å². The molecular weight excluding hydrogens is 272 g/mol. The average Bonchev–Trinajstić information content (AvgIpc) is 2.33. The lowest BCUT2D eigenvalue weighted by Gasteiger charge is -2.09.